The topological polar surface area (TPSA) is 276 Å². The van der Waals surface area contributed by atoms with E-state index in [1.165, 1.54) is 6.92 Å². The highest BCUT2D eigenvalue weighted by atomic mass is 16.6. The molecule has 0 heterocycles. The van der Waals surface area contributed by atoms with Gasteiger partial charge in [0, 0.05) is 18.6 Å². The number of carboxylic acids is 5. The van der Waals surface area contributed by atoms with Crippen LogP contribution in [0.4, 0.5) is 0 Å². The lowest BCUT2D eigenvalue weighted by Crippen LogP contribution is -2.30. The van der Waals surface area contributed by atoms with Crippen molar-refractivity contribution in [2.24, 2.45) is 5.73 Å². The van der Waals surface area contributed by atoms with E-state index in [4.69, 9.17) is 36.4 Å². The minimum absolute atomic E-state index is 0.176. The van der Waals surface area contributed by atoms with Gasteiger partial charge in [0.1, 0.15) is 12.1 Å². The molecule has 31 heavy (non-hydrogen) atoms. The van der Waals surface area contributed by atoms with Gasteiger partial charge >= 0.3 is 41.8 Å². The predicted molar refractivity (Wildman–Crippen MR) is 96.5 cm³/mol. The van der Waals surface area contributed by atoms with Gasteiger partial charge in [0.2, 0.25) is 0 Å². The van der Waals surface area contributed by atoms with E-state index in [1.54, 1.807) is 0 Å². The summed E-state index contributed by atoms with van der Waals surface area (Å²) in [5.74, 6) is -8.07. The van der Waals surface area contributed by atoms with Gasteiger partial charge in [-0.2, -0.15) is 0 Å². The molecule has 2 atom stereocenters. The molecule has 1 unspecified atom stereocenters. The van der Waals surface area contributed by atoms with Gasteiger partial charge in [-0.15, -0.1) is 0 Å². The summed E-state index contributed by atoms with van der Waals surface area (Å²) in [4.78, 5) is 70.8. The van der Waals surface area contributed by atoms with E-state index in [-0.39, 0.29) is 25.7 Å². The number of aliphatic hydroxyl groups excluding tert-OH is 1. The van der Waals surface area contributed by atoms with E-state index >= 15 is 0 Å². The van der Waals surface area contributed by atoms with Crippen LogP contribution in [0.5, 0.6) is 0 Å². The van der Waals surface area contributed by atoms with Crippen LogP contribution in [0.15, 0.2) is 12.2 Å². The Kier molecular flexibility index (Phi) is 18.7. The van der Waals surface area contributed by atoms with Crippen LogP contribution in [0.3, 0.4) is 0 Å². The largest absolute Gasteiger partial charge is 0.481 e. The van der Waals surface area contributed by atoms with Gasteiger partial charge in [0.25, 0.3) is 0 Å². The molecular formula is C16H23NO14. The van der Waals surface area contributed by atoms with Crippen LogP contribution in [0.25, 0.3) is 0 Å². The normalized spacial score (nSPS) is 11.5. The predicted octanol–water partition coefficient (Wildman–Crippen LogP) is -1.72. The number of esters is 2. The quantitative estimate of drug-likeness (QED) is 0.110. The van der Waals surface area contributed by atoms with Crippen LogP contribution in [0, 0.1) is 0 Å². The van der Waals surface area contributed by atoms with Crippen molar-refractivity contribution >= 4 is 41.8 Å². The van der Waals surface area contributed by atoms with Crippen molar-refractivity contribution in [3.05, 3.63) is 12.2 Å². The molecule has 0 aliphatic carbocycles. The van der Waals surface area contributed by atoms with Gasteiger partial charge in [-0.1, -0.05) is 0 Å². The third-order valence-corrected chi connectivity index (χ3v) is 2.46. The van der Waals surface area contributed by atoms with Gasteiger partial charge in [-0.05, 0) is 13.3 Å². The number of hydrogen-bond donors (Lipinski definition) is 7. The highest BCUT2D eigenvalue weighted by Gasteiger charge is 2.15. The molecule has 0 aromatic rings. The average Bonchev–Trinajstić information content (AvgIpc) is 2.63. The number of aliphatic hydroxyl groups is 1. The highest BCUT2D eigenvalue weighted by Crippen LogP contribution is 1.98. The van der Waals surface area contributed by atoms with E-state index in [0.717, 1.165) is 0 Å². The molecule has 15 heteroatoms. The second-order valence-corrected chi connectivity index (χ2v) is 5.25. The Morgan fingerprint density at radius 2 is 1.23 bits per heavy atom. The third kappa shape index (κ3) is 28.5. The van der Waals surface area contributed by atoms with Gasteiger partial charge < -0.3 is 41.1 Å². The zero-order valence-corrected chi connectivity index (χ0v) is 16.2. The van der Waals surface area contributed by atoms with Crippen molar-refractivity contribution in [2.45, 2.75) is 44.8 Å². The fraction of sp³-hybridized carbons (Fsp3) is 0.438. The number of aliphatic carboxylic acids is 5. The number of rotatable bonds is 10. The monoisotopic (exact) mass is 453 g/mol. The lowest BCUT2D eigenvalue weighted by Gasteiger charge is -2.04. The molecule has 0 aliphatic rings. The van der Waals surface area contributed by atoms with Crippen LogP contribution >= 0.6 is 0 Å². The summed E-state index contributed by atoms with van der Waals surface area (Å²) < 4.78 is 4.15. The van der Waals surface area contributed by atoms with Gasteiger partial charge in [0.15, 0.2) is 0 Å². The average molecular weight is 453 g/mol. The molecule has 0 aliphatic heterocycles. The van der Waals surface area contributed by atoms with E-state index in [2.05, 4.69) is 4.74 Å². The number of nitrogens with two attached hydrogens (primary N) is 1. The number of carbonyl (C=O) groups excluding carboxylic acids is 2. The summed E-state index contributed by atoms with van der Waals surface area (Å²) in [5, 5.41) is 48.1. The van der Waals surface area contributed by atoms with Crippen molar-refractivity contribution < 1.29 is 68.9 Å². The smallest absolute Gasteiger partial charge is 0.338 e. The summed E-state index contributed by atoms with van der Waals surface area (Å²) in [5.41, 5.74) is 5.11. The fourth-order valence-electron chi connectivity index (χ4n) is 0.947. The van der Waals surface area contributed by atoms with Crippen molar-refractivity contribution in [1.29, 1.82) is 0 Å². The SMILES string of the molecule is CC(O)C(=O)O.N[C@@H](CCC(=O)OC(=O)/C=C\C(=O)O)C(=O)O.O=C(O)CCC(=O)O. The Morgan fingerprint density at radius 1 is 0.806 bits per heavy atom. The lowest BCUT2D eigenvalue weighted by atomic mass is 10.2. The molecule has 0 bridgehead atoms. The first-order valence-electron chi connectivity index (χ1n) is 8.08. The summed E-state index contributed by atoms with van der Waals surface area (Å²) >= 11 is 0. The molecule has 0 fully saturated rings. The van der Waals surface area contributed by atoms with Crippen LogP contribution in [-0.4, -0.2) is 84.6 Å². The molecule has 15 nitrogen and oxygen atoms in total. The molecule has 8 N–H and O–H groups in total. The highest BCUT2D eigenvalue weighted by molar-refractivity contribution is 5.96. The molecule has 0 radical (unpaired) electrons. The number of hydrogen-bond acceptors (Lipinski definition) is 10. The van der Waals surface area contributed by atoms with E-state index < -0.39 is 53.9 Å². The van der Waals surface area contributed by atoms with Crippen LogP contribution in [0.1, 0.15) is 32.6 Å². The molecule has 176 valence electrons. The summed E-state index contributed by atoms with van der Waals surface area (Å²) in [6.07, 6.45) is -1.27. The Labute approximate surface area is 174 Å². The molecule has 0 rings (SSSR count). The molecular weight excluding hydrogens is 430 g/mol. The zero-order valence-electron chi connectivity index (χ0n) is 16.2. The molecule has 0 amide bonds. The van der Waals surface area contributed by atoms with Crippen LogP contribution in [-0.2, 0) is 38.3 Å². The summed E-state index contributed by atoms with van der Waals surface area (Å²) in [7, 11) is 0. The molecule has 0 aromatic carbocycles. The van der Waals surface area contributed by atoms with Crippen molar-refractivity contribution in [1.82, 2.24) is 0 Å². The Morgan fingerprint density at radius 3 is 1.52 bits per heavy atom. The number of carbonyl (C=O) groups is 7. The second kappa shape index (κ2) is 18.2. The Bertz CT molecular complexity index is 668. The first-order chi connectivity index (χ1) is 14.1. The maximum absolute atomic E-state index is 11.0. The second-order valence-electron chi connectivity index (χ2n) is 5.25. The minimum Gasteiger partial charge on any atom is -0.481 e. The Hall–Kier alpha value is -3.85. The first kappa shape index (κ1) is 31.8. The molecule has 0 spiro atoms. The van der Waals surface area contributed by atoms with Crippen LogP contribution in [0.2, 0.25) is 0 Å². The van der Waals surface area contributed by atoms with Crippen molar-refractivity contribution in [3.8, 4) is 0 Å². The fourth-order valence-corrected chi connectivity index (χ4v) is 0.947. The van der Waals surface area contributed by atoms with E-state index in [0.29, 0.717) is 12.2 Å². The summed E-state index contributed by atoms with van der Waals surface area (Å²) in [6.45, 7) is 1.20. The van der Waals surface area contributed by atoms with E-state index in [9.17, 15) is 33.6 Å². The maximum Gasteiger partial charge on any atom is 0.338 e. The number of carboxylic acid groups (broad SMARTS) is 5. The van der Waals surface area contributed by atoms with E-state index in [1.807, 2.05) is 0 Å². The lowest BCUT2D eigenvalue weighted by molar-refractivity contribution is -0.156. The standard InChI is InChI=1S/C9H11NO7.C4H6O4.C3H6O3/c10-5(9(15)16)1-3-7(13)17-8(14)4-2-6(11)12;5-3(6)1-2-4(7)8;1-2(4)3(5)6/h2,4-5H,1,3,10H2,(H,11,12)(H,15,16);1-2H2,(H,5,6)(H,7,8);2,4H,1H3,(H,5,6)/b4-2-;;/t5-;;/m0../s1. The molecule has 0 aromatic heterocycles. The Balaban J connectivity index is -0.000000461. The minimum atomic E-state index is -1.36. The van der Waals surface area contributed by atoms with Gasteiger partial charge in [-0.25, -0.2) is 14.4 Å². The van der Waals surface area contributed by atoms with Crippen molar-refractivity contribution in [3.63, 3.8) is 0 Å². The molecule has 0 saturated carbocycles. The summed E-state index contributed by atoms with van der Waals surface area (Å²) in [6, 6.07) is -1.22. The number of ether oxygens (including phenoxy) is 1. The molecule has 0 saturated heterocycles. The first-order valence-corrected chi connectivity index (χ1v) is 8.08. The van der Waals surface area contributed by atoms with Gasteiger partial charge in [-0.3, -0.25) is 19.2 Å². The third-order valence-electron chi connectivity index (χ3n) is 2.46. The zero-order chi connectivity index (χ0) is 25.1. The van der Waals surface area contributed by atoms with Crippen LogP contribution < -0.4 is 5.73 Å². The maximum atomic E-state index is 11.0. The van der Waals surface area contributed by atoms with Gasteiger partial charge in [0.05, 0.1) is 12.8 Å². The van der Waals surface area contributed by atoms with Crippen molar-refractivity contribution in [2.75, 3.05) is 0 Å².